The summed E-state index contributed by atoms with van der Waals surface area (Å²) in [4.78, 5) is 33.0. The molecule has 0 bridgehead atoms. The van der Waals surface area contributed by atoms with Crippen LogP contribution in [0.2, 0.25) is 0 Å². The number of amides is 2. The van der Waals surface area contributed by atoms with E-state index in [0.717, 1.165) is 64.1 Å². The lowest BCUT2D eigenvalue weighted by Crippen LogP contribution is -2.54. The van der Waals surface area contributed by atoms with E-state index in [4.69, 9.17) is 0 Å². The minimum absolute atomic E-state index is 0. The maximum atomic E-state index is 12.8. The van der Waals surface area contributed by atoms with Crippen LogP contribution in [-0.4, -0.2) is 74.9 Å². The first-order valence-corrected chi connectivity index (χ1v) is 9.84. The van der Waals surface area contributed by atoms with Gasteiger partial charge >= 0.3 is 0 Å². The maximum Gasteiger partial charge on any atom is 0.230 e. The van der Waals surface area contributed by atoms with E-state index in [1.807, 2.05) is 14.1 Å². The molecule has 2 aliphatic heterocycles. The van der Waals surface area contributed by atoms with Gasteiger partial charge in [0.15, 0.2) is 5.96 Å². The smallest absolute Gasteiger partial charge is 0.230 e. The van der Waals surface area contributed by atoms with E-state index in [0.29, 0.717) is 13.0 Å². The quantitative estimate of drug-likeness (QED) is 0.356. The van der Waals surface area contributed by atoms with Crippen LogP contribution < -0.4 is 10.6 Å². The third kappa shape index (κ3) is 4.68. The third-order valence-electron chi connectivity index (χ3n) is 6.37. The van der Waals surface area contributed by atoms with Crippen LogP contribution in [-0.2, 0) is 9.59 Å². The Labute approximate surface area is 179 Å². The first-order chi connectivity index (χ1) is 12.4. The minimum atomic E-state index is -0.308. The van der Waals surface area contributed by atoms with E-state index in [2.05, 4.69) is 20.5 Å². The predicted octanol–water partition coefficient (Wildman–Crippen LogP) is 1.43. The summed E-state index contributed by atoms with van der Waals surface area (Å²) in [6.45, 7) is 3.20. The number of hydrogen-bond donors (Lipinski definition) is 2. The molecule has 8 heteroatoms. The second kappa shape index (κ2) is 8.96. The minimum Gasteiger partial charge on any atom is -0.355 e. The van der Waals surface area contributed by atoms with Crippen LogP contribution in [0.25, 0.3) is 0 Å². The van der Waals surface area contributed by atoms with Gasteiger partial charge < -0.3 is 20.4 Å². The van der Waals surface area contributed by atoms with Gasteiger partial charge in [0, 0.05) is 59.2 Å². The molecule has 2 heterocycles. The Morgan fingerprint density at radius 2 is 1.96 bits per heavy atom. The van der Waals surface area contributed by atoms with Crippen molar-refractivity contribution in [2.24, 2.45) is 15.8 Å². The van der Waals surface area contributed by atoms with Gasteiger partial charge in [-0.1, -0.05) is 12.8 Å². The number of guanidine groups is 1. The summed E-state index contributed by atoms with van der Waals surface area (Å²) in [5, 5.41) is 6.49. The van der Waals surface area contributed by atoms with Gasteiger partial charge in [-0.2, -0.15) is 0 Å². The number of carbonyl (C=O) groups is 2. The molecule has 1 spiro atoms. The van der Waals surface area contributed by atoms with Gasteiger partial charge in [-0.05, 0) is 25.7 Å². The van der Waals surface area contributed by atoms with Crippen molar-refractivity contribution < 1.29 is 9.59 Å². The van der Waals surface area contributed by atoms with Crippen molar-refractivity contribution >= 4 is 41.8 Å². The molecule has 0 aromatic heterocycles. The van der Waals surface area contributed by atoms with Crippen molar-refractivity contribution in [3.63, 3.8) is 0 Å². The van der Waals surface area contributed by atoms with Crippen LogP contribution in [0.15, 0.2) is 4.99 Å². The topological polar surface area (TPSA) is 77.0 Å². The molecule has 1 atom stereocenters. The molecule has 2 saturated heterocycles. The van der Waals surface area contributed by atoms with Gasteiger partial charge in [0.25, 0.3) is 0 Å². The first-order valence-electron chi connectivity index (χ1n) is 9.84. The average Bonchev–Trinajstić information content (AvgIpc) is 3.23. The monoisotopic (exact) mass is 491 g/mol. The summed E-state index contributed by atoms with van der Waals surface area (Å²) < 4.78 is 0. The van der Waals surface area contributed by atoms with Gasteiger partial charge in [0.1, 0.15) is 0 Å². The molecular weight excluding hydrogens is 457 g/mol. The van der Waals surface area contributed by atoms with Gasteiger partial charge in [-0.15, -0.1) is 24.0 Å². The molecule has 3 fully saturated rings. The molecule has 7 nitrogen and oxygen atoms in total. The van der Waals surface area contributed by atoms with Crippen molar-refractivity contribution in [3.8, 4) is 0 Å². The number of piperidine rings is 1. The van der Waals surface area contributed by atoms with Crippen LogP contribution in [0.3, 0.4) is 0 Å². The number of nitrogens with zero attached hydrogens (tertiary/aromatic N) is 3. The molecule has 3 rings (SSSR count). The average molecular weight is 491 g/mol. The Bertz CT molecular complexity index is 589. The fourth-order valence-corrected chi connectivity index (χ4v) is 5.00. The van der Waals surface area contributed by atoms with E-state index in [1.165, 1.54) is 0 Å². The van der Waals surface area contributed by atoms with Crippen LogP contribution in [0.5, 0.6) is 0 Å². The summed E-state index contributed by atoms with van der Waals surface area (Å²) >= 11 is 0. The zero-order valence-electron chi connectivity index (χ0n) is 16.8. The number of carbonyl (C=O) groups excluding carboxylic acids is 2. The largest absolute Gasteiger partial charge is 0.355 e. The molecular formula is C19H34IN5O2. The molecule has 154 valence electrons. The third-order valence-corrected chi connectivity index (χ3v) is 6.37. The summed E-state index contributed by atoms with van der Waals surface area (Å²) in [6.07, 6.45) is 6.87. The van der Waals surface area contributed by atoms with Gasteiger partial charge in [-0.3, -0.25) is 14.6 Å². The van der Waals surface area contributed by atoms with Crippen LogP contribution >= 0.6 is 24.0 Å². The Morgan fingerprint density at radius 3 is 2.52 bits per heavy atom. The van der Waals surface area contributed by atoms with E-state index in [-0.39, 0.29) is 46.6 Å². The highest BCUT2D eigenvalue weighted by Gasteiger charge is 2.44. The summed E-state index contributed by atoms with van der Waals surface area (Å²) in [7, 11) is 5.49. The Balaban J connectivity index is 0.00000261. The molecule has 2 N–H and O–H groups in total. The molecule has 1 aliphatic carbocycles. The number of halogens is 1. The Kier molecular flexibility index (Phi) is 7.38. The fraction of sp³-hybridized carbons (Fsp3) is 0.842. The number of likely N-dealkylation sites (tertiary alicyclic amines) is 1. The maximum absolute atomic E-state index is 12.8. The summed E-state index contributed by atoms with van der Waals surface area (Å²) in [5.74, 6) is 1.25. The molecule has 1 unspecified atom stereocenters. The van der Waals surface area contributed by atoms with Crippen LogP contribution in [0.1, 0.15) is 44.9 Å². The standard InChI is InChI=1S/C19H33N5O2.HI/c1-20-17(22-13-19(8-4-5-9-19)16(26)23(2)3)24-10-6-7-18(14-24)11-15(25)21-12-18;/h4-14H2,1-3H3,(H,20,22)(H,21,25);1H. The summed E-state index contributed by atoms with van der Waals surface area (Å²) in [5.41, 5.74) is -0.269. The second-order valence-corrected chi connectivity index (χ2v) is 8.57. The second-order valence-electron chi connectivity index (χ2n) is 8.57. The highest BCUT2D eigenvalue weighted by molar-refractivity contribution is 14.0. The summed E-state index contributed by atoms with van der Waals surface area (Å²) in [6, 6.07) is 0. The van der Waals surface area contributed by atoms with Crippen molar-refractivity contribution in [2.45, 2.75) is 44.9 Å². The highest BCUT2D eigenvalue weighted by Crippen LogP contribution is 2.39. The van der Waals surface area contributed by atoms with Gasteiger partial charge in [0.05, 0.1) is 5.41 Å². The molecule has 0 aromatic carbocycles. The SMILES string of the molecule is CN=C(NCC1(C(=O)N(C)C)CCCC1)N1CCCC2(CNC(=O)C2)C1.I. The Hall–Kier alpha value is -1.06. The number of aliphatic imine (C=N–C) groups is 1. The van der Waals surface area contributed by atoms with Gasteiger partial charge in [-0.25, -0.2) is 0 Å². The van der Waals surface area contributed by atoms with Crippen LogP contribution in [0.4, 0.5) is 0 Å². The first kappa shape index (κ1) is 22.2. The van der Waals surface area contributed by atoms with Crippen molar-refractivity contribution in [1.29, 1.82) is 0 Å². The molecule has 1 saturated carbocycles. The zero-order chi connectivity index (χ0) is 18.8. The molecule has 0 radical (unpaired) electrons. The predicted molar refractivity (Wildman–Crippen MR) is 117 cm³/mol. The molecule has 2 amide bonds. The van der Waals surface area contributed by atoms with E-state index in [9.17, 15) is 9.59 Å². The number of nitrogens with one attached hydrogen (secondary N) is 2. The highest BCUT2D eigenvalue weighted by atomic mass is 127. The van der Waals surface area contributed by atoms with E-state index < -0.39 is 0 Å². The number of rotatable bonds is 3. The Morgan fingerprint density at radius 1 is 1.26 bits per heavy atom. The lowest BCUT2D eigenvalue weighted by Gasteiger charge is -2.41. The molecule has 27 heavy (non-hydrogen) atoms. The lowest BCUT2D eigenvalue weighted by atomic mass is 9.79. The lowest BCUT2D eigenvalue weighted by molar-refractivity contribution is -0.138. The van der Waals surface area contributed by atoms with Crippen molar-refractivity contribution in [2.75, 3.05) is 47.3 Å². The molecule has 3 aliphatic rings. The normalized spacial score (nSPS) is 27.3. The van der Waals surface area contributed by atoms with E-state index >= 15 is 0 Å². The number of hydrogen-bond acceptors (Lipinski definition) is 3. The van der Waals surface area contributed by atoms with Crippen molar-refractivity contribution in [3.05, 3.63) is 0 Å². The van der Waals surface area contributed by atoms with Crippen molar-refractivity contribution in [1.82, 2.24) is 20.4 Å². The van der Waals surface area contributed by atoms with E-state index in [1.54, 1.807) is 11.9 Å². The fourth-order valence-electron chi connectivity index (χ4n) is 5.00. The zero-order valence-corrected chi connectivity index (χ0v) is 19.2. The van der Waals surface area contributed by atoms with Gasteiger partial charge in [0.2, 0.25) is 11.8 Å². The van der Waals surface area contributed by atoms with Crippen LogP contribution in [0, 0.1) is 10.8 Å². The molecule has 0 aromatic rings.